The third-order valence-corrected chi connectivity index (χ3v) is 5.52. The molecule has 2 atom stereocenters. The van der Waals surface area contributed by atoms with Gasteiger partial charge >= 0.3 is 0 Å². The predicted molar refractivity (Wildman–Crippen MR) is 72.0 cm³/mol. The minimum atomic E-state index is -2.79. The number of hydrogen-bond acceptors (Lipinski definition) is 4. The second-order valence-electron chi connectivity index (χ2n) is 5.05. The molecule has 1 aliphatic heterocycles. The van der Waals surface area contributed by atoms with E-state index >= 15 is 0 Å². The molecule has 0 spiro atoms. The Morgan fingerprint density at radius 3 is 2.65 bits per heavy atom. The molecule has 1 aliphatic rings. The van der Waals surface area contributed by atoms with E-state index in [1.165, 1.54) is 0 Å². The van der Waals surface area contributed by atoms with E-state index in [0.717, 1.165) is 32.5 Å². The molecule has 1 N–H and O–H groups in total. The van der Waals surface area contributed by atoms with Crippen LogP contribution in [0.15, 0.2) is 0 Å². The highest BCUT2D eigenvalue weighted by Gasteiger charge is 2.24. The summed E-state index contributed by atoms with van der Waals surface area (Å²) in [5.41, 5.74) is 0. The van der Waals surface area contributed by atoms with E-state index in [1.54, 1.807) is 6.92 Å². The molecule has 1 fully saturated rings. The first-order valence-corrected chi connectivity index (χ1v) is 8.40. The first-order chi connectivity index (χ1) is 7.98. The second-order valence-corrected chi connectivity index (χ2v) is 7.52. The van der Waals surface area contributed by atoms with Crippen molar-refractivity contribution < 1.29 is 8.42 Å². The lowest BCUT2D eigenvalue weighted by molar-refractivity contribution is 0.152. The number of piperidine rings is 1. The summed E-state index contributed by atoms with van der Waals surface area (Å²) in [7, 11) is -0.770. The van der Waals surface area contributed by atoms with E-state index in [0.29, 0.717) is 17.7 Å². The van der Waals surface area contributed by atoms with Crippen molar-refractivity contribution in [1.29, 1.82) is 0 Å². The van der Waals surface area contributed by atoms with Crippen LogP contribution in [0.1, 0.15) is 26.7 Å². The highest BCUT2D eigenvalue weighted by atomic mass is 32.2. The number of hydrogen-bond donors (Lipinski definition) is 1. The summed E-state index contributed by atoms with van der Waals surface area (Å²) in [6, 6.07) is 0.616. The van der Waals surface area contributed by atoms with Gasteiger partial charge in [-0.15, -0.1) is 0 Å². The molecular formula is C12H26N2O2S. The van der Waals surface area contributed by atoms with Crippen LogP contribution in [-0.4, -0.2) is 57.5 Å². The van der Waals surface area contributed by atoms with E-state index < -0.39 is 9.84 Å². The number of nitrogens with one attached hydrogen (secondary N) is 1. The summed E-state index contributed by atoms with van der Waals surface area (Å²) in [4.78, 5) is 2.39. The van der Waals surface area contributed by atoms with Gasteiger partial charge in [-0.25, -0.2) is 8.42 Å². The van der Waals surface area contributed by atoms with Crippen LogP contribution in [0.4, 0.5) is 0 Å². The molecule has 0 aromatic rings. The van der Waals surface area contributed by atoms with Gasteiger partial charge in [0.15, 0.2) is 0 Å². The van der Waals surface area contributed by atoms with Gasteiger partial charge in [-0.1, -0.05) is 13.8 Å². The van der Waals surface area contributed by atoms with Crippen LogP contribution in [0.25, 0.3) is 0 Å². The third kappa shape index (κ3) is 4.94. The van der Waals surface area contributed by atoms with Crippen molar-refractivity contribution in [3.8, 4) is 0 Å². The van der Waals surface area contributed by atoms with Gasteiger partial charge in [-0.05, 0) is 38.9 Å². The van der Waals surface area contributed by atoms with Crippen molar-refractivity contribution in [3.05, 3.63) is 0 Å². The molecule has 1 heterocycles. The second kappa shape index (κ2) is 6.71. The van der Waals surface area contributed by atoms with E-state index in [9.17, 15) is 8.42 Å². The average Bonchev–Trinajstić information content (AvgIpc) is 2.29. The quantitative estimate of drug-likeness (QED) is 0.767. The molecule has 0 saturated carbocycles. The van der Waals surface area contributed by atoms with Crippen LogP contribution in [0.5, 0.6) is 0 Å². The molecule has 102 valence electrons. The Morgan fingerprint density at radius 2 is 2.12 bits per heavy atom. The number of sulfone groups is 1. The van der Waals surface area contributed by atoms with Crippen LogP contribution < -0.4 is 5.32 Å². The van der Waals surface area contributed by atoms with Crippen LogP contribution in [0, 0.1) is 5.92 Å². The Labute approximate surface area is 106 Å². The monoisotopic (exact) mass is 262 g/mol. The molecular weight excluding hydrogens is 236 g/mol. The molecule has 1 rings (SSSR count). The van der Waals surface area contributed by atoms with Crippen LogP contribution in [-0.2, 0) is 9.84 Å². The van der Waals surface area contributed by atoms with Crippen molar-refractivity contribution in [1.82, 2.24) is 10.2 Å². The first kappa shape index (κ1) is 14.9. The zero-order valence-electron chi connectivity index (χ0n) is 11.3. The SMILES string of the molecule is CCS(=O)(=O)CCCN1CCC(NC)C(C)C1. The average molecular weight is 262 g/mol. The highest BCUT2D eigenvalue weighted by molar-refractivity contribution is 7.91. The maximum Gasteiger partial charge on any atom is 0.150 e. The normalized spacial score (nSPS) is 27.2. The predicted octanol–water partition coefficient (Wildman–Crippen LogP) is 0.741. The van der Waals surface area contributed by atoms with E-state index in [1.807, 2.05) is 7.05 Å². The van der Waals surface area contributed by atoms with Gasteiger partial charge in [0.1, 0.15) is 9.84 Å². The van der Waals surface area contributed by atoms with Crippen molar-refractivity contribution in [3.63, 3.8) is 0 Å². The molecule has 17 heavy (non-hydrogen) atoms. The molecule has 0 aliphatic carbocycles. The van der Waals surface area contributed by atoms with E-state index in [2.05, 4.69) is 17.1 Å². The third-order valence-electron chi connectivity index (χ3n) is 3.73. The van der Waals surface area contributed by atoms with E-state index in [-0.39, 0.29) is 5.75 Å². The Hall–Kier alpha value is -0.130. The first-order valence-electron chi connectivity index (χ1n) is 6.58. The molecule has 0 aromatic heterocycles. The molecule has 5 heteroatoms. The molecule has 0 radical (unpaired) electrons. The Kier molecular flexibility index (Phi) is 5.89. The summed E-state index contributed by atoms with van der Waals surface area (Å²) in [6.45, 7) is 7.06. The van der Waals surface area contributed by atoms with Crippen LogP contribution >= 0.6 is 0 Å². The van der Waals surface area contributed by atoms with Crippen LogP contribution in [0.3, 0.4) is 0 Å². The molecule has 4 nitrogen and oxygen atoms in total. The fourth-order valence-corrected chi connectivity index (χ4v) is 3.37. The largest absolute Gasteiger partial charge is 0.317 e. The van der Waals surface area contributed by atoms with Gasteiger partial charge in [-0.3, -0.25) is 0 Å². The fourth-order valence-electron chi connectivity index (χ4n) is 2.52. The Balaban J connectivity index is 2.26. The van der Waals surface area contributed by atoms with Crippen molar-refractivity contribution in [2.75, 3.05) is 38.2 Å². The summed E-state index contributed by atoms with van der Waals surface area (Å²) in [5.74, 6) is 1.26. The number of nitrogens with zero attached hydrogens (tertiary/aromatic N) is 1. The summed E-state index contributed by atoms with van der Waals surface area (Å²) < 4.78 is 22.8. The Morgan fingerprint density at radius 1 is 1.41 bits per heavy atom. The number of likely N-dealkylation sites (tertiary alicyclic amines) is 1. The molecule has 0 bridgehead atoms. The maximum absolute atomic E-state index is 11.4. The zero-order chi connectivity index (χ0) is 12.9. The lowest BCUT2D eigenvalue weighted by Crippen LogP contribution is -2.47. The van der Waals surface area contributed by atoms with Gasteiger partial charge in [0.2, 0.25) is 0 Å². The van der Waals surface area contributed by atoms with Gasteiger partial charge in [0.25, 0.3) is 0 Å². The van der Waals surface area contributed by atoms with Gasteiger partial charge in [0.05, 0.1) is 5.75 Å². The lowest BCUT2D eigenvalue weighted by atomic mass is 9.94. The smallest absolute Gasteiger partial charge is 0.150 e. The van der Waals surface area contributed by atoms with Crippen molar-refractivity contribution in [2.45, 2.75) is 32.7 Å². The van der Waals surface area contributed by atoms with Gasteiger partial charge in [-0.2, -0.15) is 0 Å². The fraction of sp³-hybridized carbons (Fsp3) is 1.00. The summed E-state index contributed by atoms with van der Waals surface area (Å²) >= 11 is 0. The lowest BCUT2D eigenvalue weighted by Gasteiger charge is -2.36. The Bertz CT molecular complexity index is 316. The molecule has 1 saturated heterocycles. The van der Waals surface area contributed by atoms with Crippen molar-refractivity contribution in [2.24, 2.45) is 5.92 Å². The summed E-state index contributed by atoms with van der Waals surface area (Å²) in [5, 5.41) is 3.34. The van der Waals surface area contributed by atoms with Crippen molar-refractivity contribution >= 4 is 9.84 Å². The molecule has 0 amide bonds. The van der Waals surface area contributed by atoms with Gasteiger partial charge < -0.3 is 10.2 Å². The minimum absolute atomic E-state index is 0.269. The molecule has 2 unspecified atom stereocenters. The zero-order valence-corrected chi connectivity index (χ0v) is 12.1. The van der Waals surface area contributed by atoms with Crippen LogP contribution in [0.2, 0.25) is 0 Å². The summed E-state index contributed by atoms with van der Waals surface area (Å²) in [6.07, 6.45) is 1.94. The minimum Gasteiger partial charge on any atom is -0.317 e. The maximum atomic E-state index is 11.4. The highest BCUT2D eigenvalue weighted by Crippen LogP contribution is 2.16. The topological polar surface area (TPSA) is 49.4 Å². The standard InChI is InChI=1S/C12H26N2O2S/c1-4-17(15,16)9-5-7-14-8-6-12(13-3)11(2)10-14/h11-13H,4-10H2,1-3H3. The van der Waals surface area contributed by atoms with Gasteiger partial charge in [0, 0.05) is 18.3 Å². The molecule has 0 aromatic carbocycles. The van der Waals surface area contributed by atoms with E-state index in [4.69, 9.17) is 0 Å². The number of rotatable bonds is 6.